The second kappa shape index (κ2) is 9.85. The SMILES string of the molecule is CC(C)(c1ccccc1)c1cc(O)ccc1C(C)(C)c1c(C(C)(C)c2ccccc2)cc(O)cc1S(=O)(=O)O. The molecule has 0 fully saturated rings. The Morgan fingerprint density at radius 2 is 1.00 bits per heavy atom. The summed E-state index contributed by atoms with van der Waals surface area (Å²) in [6, 6.07) is 27.4. The number of hydrogen-bond donors (Lipinski definition) is 3. The lowest BCUT2D eigenvalue weighted by atomic mass is 9.65. The minimum Gasteiger partial charge on any atom is -0.508 e. The average molecular weight is 545 g/mol. The largest absolute Gasteiger partial charge is 0.508 e. The third kappa shape index (κ3) is 5.19. The van der Waals surface area contributed by atoms with Crippen molar-refractivity contribution >= 4 is 10.1 Å². The maximum absolute atomic E-state index is 12.9. The Morgan fingerprint density at radius 1 is 0.538 bits per heavy atom. The molecule has 5 nitrogen and oxygen atoms in total. The first kappa shape index (κ1) is 28.4. The smallest absolute Gasteiger partial charge is 0.294 e. The monoisotopic (exact) mass is 544 g/mol. The molecular weight excluding hydrogens is 508 g/mol. The van der Waals surface area contributed by atoms with E-state index in [0.717, 1.165) is 28.3 Å². The average Bonchev–Trinajstić information content (AvgIpc) is 2.88. The van der Waals surface area contributed by atoms with Gasteiger partial charge in [-0.05, 0) is 51.6 Å². The highest BCUT2D eigenvalue weighted by Gasteiger charge is 2.41. The van der Waals surface area contributed by atoms with E-state index >= 15 is 0 Å². The van der Waals surface area contributed by atoms with Crippen LogP contribution in [0.1, 0.15) is 74.9 Å². The molecule has 4 aromatic carbocycles. The first-order valence-corrected chi connectivity index (χ1v) is 14.3. The molecule has 0 aliphatic carbocycles. The quantitative estimate of drug-likeness (QED) is 0.212. The van der Waals surface area contributed by atoms with Gasteiger partial charge in [0.05, 0.1) is 0 Å². The molecule has 39 heavy (non-hydrogen) atoms. The van der Waals surface area contributed by atoms with Gasteiger partial charge in [0.1, 0.15) is 16.4 Å². The van der Waals surface area contributed by atoms with Crippen molar-refractivity contribution in [2.75, 3.05) is 0 Å². The van der Waals surface area contributed by atoms with Gasteiger partial charge in [-0.3, -0.25) is 4.55 Å². The molecule has 0 spiro atoms. The van der Waals surface area contributed by atoms with Gasteiger partial charge in [-0.1, -0.05) is 108 Å². The lowest BCUT2D eigenvalue weighted by Gasteiger charge is -2.39. The number of phenols is 2. The molecule has 204 valence electrons. The van der Waals surface area contributed by atoms with E-state index < -0.39 is 26.4 Å². The Morgan fingerprint density at radius 3 is 1.49 bits per heavy atom. The predicted molar refractivity (Wildman–Crippen MR) is 155 cm³/mol. The van der Waals surface area contributed by atoms with E-state index in [1.54, 1.807) is 18.2 Å². The fraction of sp³-hybridized carbons (Fsp3) is 0.273. The van der Waals surface area contributed by atoms with Crippen LogP contribution in [0.15, 0.2) is 95.9 Å². The summed E-state index contributed by atoms with van der Waals surface area (Å²) >= 11 is 0. The van der Waals surface area contributed by atoms with Gasteiger partial charge >= 0.3 is 0 Å². The highest BCUT2D eigenvalue weighted by Crippen LogP contribution is 2.49. The third-order valence-corrected chi connectivity index (χ3v) is 8.88. The summed E-state index contributed by atoms with van der Waals surface area (Å²) in [7, 11) is -4.73. The van der Waals surface area contributed by atoms with Crippen molar-refractivity contribution in [1.82, 2.24) is 0 Å². The van der Waals surface area contributed by atoms with Crippen LogP contribution in [0.5, 0.6) is 11.5 Å². The molecule has 0 aromatic heterocycles. The van der Waals surface area contributed by atoms with Gasteiger partial charge in [-0.15, -0.1) is 0 Å². The number of aromatic hydroxyl groups is 2. The predicted octanol–water partition coefficient (Wildman–Crippen LogP) is 7.32. The van der Waals surface area contributed by atoms with Crippen LogP contribution in [0.4, 0.5) is 0 Å². The van der Waals surface area contributed by atoms with Gasteiger partial charge in [0.25, 0.3) is 10.1 Å². The molecule has 0 saturated carbocycles. The molecule has 6 heteroatoms. The number of rotatable bonds is 7. The number of benzene rings is 4. The molecule has 0 heterocycles. The highest BCUT2D eigenvalue weighted by atomic mass is 32.2. The first-order chi connectivity index (χ1) is 18.1. The summed E-state index contributed by atoms with van der Waals surface area (Å²) in [5.74, 6) is -0.157. The van der Waals surface area contributed by atoms with Gasteiger partial charge in [-0.25, -0.2) is 0 Å². The standard InChI is InChI=1S/C33H36O5S/c1-31(2,22-13-9-7-10-14-22)27-19-24(34)17-18-26(27)33(5,6)30-28(20-25(35)21-29(30)39(36,37)38)32(3,4)23-15-11-8-12-16-23/h7-21,34-35H,1-6H3,(H,36,37,38). The molecule has 0 radical (unpaired) electrons. The maximum Gasteiger partial charge on any atom is 0.294 e. The second-order valence-corrected chi connectivity index (χ2v) is 13.1. The van der Waals surface area contributed by atoms with E-state index in [9.17, 15) is 23.2 Å². The molecule has 0 aliphatic rings. The van der Waals surface area contributed by atoms with E-state index in [2.05, 4.69) is 13.8 Å². The summed E-state index contributed by atoms with van der Waals surface area (Å²) in [4.78, 5) is -0.344. The topological polar surface area (TPSA) is 94.8 Å². The zero-order valence-corrected chi connectivity index (χ0v) is 24.0. The normalized spacial score (nSPS) is 12.9. The molecule has 0 unspecified atom stereocenters. The van der Waals surface area contributed by atoms with Crippen LogP contribution in [0.2, 0.25) is 0 Å². The van der Waals surface area contributed by atoms with Crippen molar-refractivity contribution in [3.63, 3.8) is 0 Å². The van der Waals surface area contributed by atoms with E-state index in [-0.39, 0.29) is 16.4 Å². The molecule has 3 N–H and O–H groups in total. The van der Waals surface area contributed by atoms with E-state index in [1.165, 1.54) is 0 Å². The van der Waals surface area contributed by atoms with Gasteiger partial charge in [0, 0.05) is 22.3 Å². The molecule has 0 atom stereocenters. The van der Waals surface area contributed by atoms with Crippen LogP contribution in [-0.2, 0) is 26.4 Å². The Labute approximate surface area is 231 Å². The van der Waals surface area contributed by atoms with E-state index in [4.69, 9.17) is 0 Å². The summed E-state index contributed by atoms with van der Waals surface area (Å²) < 4.78 is 36.2. The molecule has 0 bridgehead atoms. The Bertz CT molecular complexity index is 1600. The fourth-order valence-electron chi connectivity index (χ4n) is 5.69. The van der Waals surface area contributed by atoms with Gasteiger partial charge in [-0.2, -0.15) is 8.42 Å². The first-order valence-electron chi connectivity index (χ1n) is 12.9. The third-order valence-electron chi connectivity index (χ3n) is 8.00. The molecule has 4 rings (SSSR count). The van der Waals surface area contributed by atoms with Crippen molar-refractivity contribution in [3.05, 3.63) is 124 Å². The van der Waals surface area contributed by atoms with Crippen molar-refractivity contribution in [2.45, 2.75) is 62.7 Å². The molecule has 0 aliphatic heterocycles. The van der Waals surface area contributed by atoms with Crippen LogP contribution < -0.4 is 0 Å². The number of phenolic OH excluding ortho intramolecular Hbond substituents is 2. The lowest BCUT2D eigenvalue weighted by Crippen LogP contribution is -2.33. The van der Waals surface area contributed by atoms with E-state index in [0.29, 0.717) is 11.1 Å². The van der Waals surface area contributed by atoms with Crippen LogP contribution in [0, 0.1) is 0 Å². The van der Waals surface area contributed by atoms with Gasteiger partial charge in [0.15, 0.2) is 0 Å². The van der Waals surface area contributed by atoms with Crippen LogP contribution in [0.25, 0.3) is 0 Å². The van der Waals surface area contributed by atoms with Crippen LogP contribution >= 0.6 is 0 Å². The summed E-state index contributed by atoms with van der Waals surface area (Å²) in [6.45, 7) is 11.9. The molecule has 0 saturated heterocycles. The van der Waals surface area contributed by atoms with Crippen LogP contribution in [0.3, 0.4) is 0 Å². The molecule has 0 amide bonds. The number of hydrogen-bond acceptors (Lipinski definition) is 4. The Hall–Kier alpha value is -3.61. The Balaban J connectivity index is 2.11. The van der Waals surface area contributed by atoms with Crippen molar-refractivity contribution in [2.24, 2.45) is 0 Å². The fourth-order valence-corrected chi connectivity index (χ4v) is 6.58. The lowest BCUT2D eigenvalue weighted by molar-refractivity contribution is 0.453. The Kier molecular flexibility index (Phi) is 7.17. The summed E-state index contributed by atoms with van der Waals surface area (Å²) in [5, 5.41) is 21.3. The minimum absolute atomic E-state index is 0.0964. The minimum atomic E-state index is -4.73. The van der Waals surface area contributed by atoms with E-state index in [1.807, 2.05) is 94.4 Å². The maximum atomic E-state index is 12.9. The zero-order valence-electron chi connectivity index (χ0n) is 23.2. The van der Waals surface area contributed by atoms with Gasteiger partial charge in [0.2, 0.25) is 0 Å². The van der Waals surface area contributed by atoms with Gasteiger partial charge < -0.3 is 10.2 Å². The van der Waals surface area contributed by atoms with Crippen molar-refractivity contribution in [3.8, 4) is 11.5 Å². The summed E-state index contributed by atoms with van der Waals surface area (Å²) in [6.07, 6.45) is 0. The molecular formula is C33H36O5S. The second-order valence-electron chi connectivity index (χ2n) is 11.7. The van der Waals surface area contributed by atoms with Crippen LogP contribution in [-0.4, -0.2) is 23.2 Å². The zero-order chi connectivity index (χ0) is 28.8. The van der Waals surface area contributed by atoms with Crippen molar-refractivity contribution in [1.29, 1.82) is 0 Å². The van der Waals surface area contributed by atoms with Crippen molar-refractivity contribution < 1.29 is 23.2 Å². The highest BCUT2D eigenvalue weighted by molar-refractivity contribution is 7.85. The molecule has 4 aromatic rings. The summed E-state index contributed by atoms with van der Waals surface area (Å²) in [5.41, 5.74) is 2.22.